The first kappa shape index (κ1) is 15.3. The molecule has 120 valence electrons. The molecule has 0 spiro atoms. The summed E-state index contributed by atoms with van der Waals surface area (Å²) in [4.78, 5) is 19.5. The van der Waals surface area contributed by atoms with Crippen molar-refractivity contribution in [2.45, 2.75) is 18.7 Å². The van der Waals surface area contributed by atoms with E-state index >= 15 is 0 Å². The van der Waals surface area contributed by atoms with E-state index in [4.69, 9.17) is 0 Å². The van der Waals surface area contributed by atoms with Crippen LogP contribution in [-0.2, 0) is 6.54 Å². The first-order valence-electron chi connectivity index (χ1n) is 7.47. The fourth-order valence-electron chi connectivity index (χ4n) is 2.61. The molecule has 2 aliphatic rings. The summed E-state index contributed by atoms with van der Waals surface area (Å²) in [6, 6.07) is 0. The maximum atomic E-state index is 10.6. The first-order chi connectivity index (χ1) is 10.6. The summed E-state index contributed by atoms with van der Waals surface area (Å²) >= 11 is 1.87. The molecule has 22 heavy (non-hydrogen) atoms. The van der Waals surface area contributed by atoms with Gasteiger partial charge in [0.2, 0.25) is 0 Å². The highest BCUT2D eigenvalue weighted by Crippen LogP contribution is 2.23. The lowest BCUT2D eigenvalue weighted by Crippen LogP contribution is -2.48. The maximum absolute atomic E-state index is 10.6. The van der Waals surface area contributed by atoms with Crippen molar-refractivity contribution in [1.29, 1.82) is 0 Å². The first-order valence-corrected chi connectivity index (χ1v) is 8.35. The number of nitro groups is 1. The van der Waals surface area contributed by atoms with Gasteiger partial charge >= 0.3 is 5.69 Å². The normalized spacial score (nSPS) is 22.9. The smallest absolute Gasteiger partial charge is 0.306 e. The SMILES string of the molecule is C[C@H]1CN=C(N2CCN(CCn3cc([N+](=O)[O-])cn3)CC2)S1. The zero-order valence-electron chi connectivity index (χ0n) is 12.6. The summed E-state index contributed by atoms with van der Waals surface area (Å²) in [5.41, 5.74) is 0.0511. The Kier molecular flexibility index (Phi) is 4.63. The van der Waals surface area contributed by atoms with Gasteiger partial charge in [0.15, 0.2) is 5.17 Å². The molecule has 0 saturated carbocycles. The highest BCUT2D eigenvalue weighted by atomic mass is 32.2. The number of piperazine rings is 1. The van der Waals surface area contributed by atoms with Crippen LogP contribution in [0.2, 0.25) is 0 Å². The van der Waals surface area contributed by atoms with E-state index in [1.807, 2.05) is 11.8 Å². The molecule has 0 aliphatic carbocycles. The van der Waals surface area contributed by atoms with Crippen LogP contribution in [0.5, 0.6) is 0 Å². The maximum Gasteiger partial charge on any atom is 0.306 e. The standard InChI is InChI=1S/C13H20N6O2S/c1-11-8-14-13(22-11)17-5-2-16(3-6-17)4-7-18-10-12(9-15-18)19(20)21/h9-11H,2-8H2,1H3/t11-/m0/s1. The Morgan fingerprint density at radius 3 is 2.73 bits per heavy atom. The van der Waals surface area contributed by atoms with E-state index in [1.165, 1.54) is 17.6 Å². The van der Waals surface area contributed by atoms with Gasteiger partial charge in [0.1, 0.15) is 12.4 Å². The monoisotopic (exact) mass is 324 g/mol. The number of aromatic nitrogens is 2. The highest BCUT2D eigenvalue weighted by molar-refractivity contribution is 8.14. The van der Waals surface area contributed by atoms with Gasteiger partial charge in [-0.15, -0.1) is 0 Å². The van der Waals surface area contributed by atoms with Crippen molar-refractivity contribution in [3.63, 3.8) is 0 Å². The van der Waals surface area contributed by atoms with Crippen molar-refractivity contribution in [2.24, 2.45) is 4.99 Å². The average Bonchev–Trinajstić information content (AvgIpc) is 3.15. The predicted molar refractivity (Wildman–Crippen MR) is 86.2 cm³/mol. The second-order valence-corrected chi connectivity index (χ2v) is 7.00. The summed E-state index contributed by atoms with van der Waals surface area (Å²) in [6.07, 6.45) is 2.79. The number of thioether (sulfide) groups is 1. The Balaban J connectivity index is 1.43. The molecule has 3 heterocycles. The van der Waals surface area contributed by atoms with Crippen LogP contribution in [0.25, 0.3) is 0 Å². The number of hydrogen-bond acceptors (Lipinski definition) is 7. The van der Waals surface area contributed by atoms with Crippen molar-refractivity contribution in [3.8, 4) is 0 Å². The van der Waals surface area contributed by atoms with Crippen LogP contribution in [0.1, 0.15) is 6.92 Å². The molecule has 0 amide bonds. The van der Waals surface area contributed by atoms with E-state index in [0.717, 1.165) is 39.3 Å². The Labute approximate surface area is 133 Å². The second kappa shape index (κ2) is 6.66. The Hall–Kier alpha value is -1.61. The van der Waals surface area contributed by atoms with Gasteiger partial charge in [-0.05, 0) is 0 Å². The molecule has 8 nitrogen and oxygen atoms in total. The lowest BCUT2D eigenvalue weighted by Gasteiger charge is -2.35. The molecule has 1 aromatic rings. The quantitative estimate of drug-likeness (QED) is 0.605. The van der Waals surface area contributed by atoms with Gasteiger partial charge in [0, 0.05) is 38.0 Å². The van der Waals surface area contributed by atoms with Gasteiger partial charge in [-0.25, -0.2) is 0 Å². The van der Waals surface area contributed by atoms with E-state index in [2.05, 4.69) is 26.8 Å². The van der Waals surface area contributed by atoms with Gasteiger partial charge in [0.25, 0.3) is 0 Å². The number of hydrogen-bond donors (Lipinski definition) is 0. The molecule has 0 bridgehead atoms. The summed E-state index contributed by atoms with van der Waals surface area (Å²) in [5, 5.41) is 16.4. The third kappa shape index (κ3) is 3.58. The molecule has 1 saturated heterocycles. The molecule has 3 rings (SSSR count). The minimum Gasteiger partial charge on any atom is -0.349 e. The number of aliphatic imine (C=N–C) groups is 1. The molecule has 0 N–H and O–H groups in total. The molecule has 1 aromatic heterocycles. The van der Waals surface area contributed by atoms with Gasteiger partial charge in [-0.1, -0.05) is 18.7 Å². The van der Waals surface area contributed by atoms with E-state index in [0.29, 0.717) is 11.8 Å². The van der Waals surface area contributed by atoms with Crippen LogP contribution < -0.4 is 0 Å². The van der Waals surface area contributed by atoms with Crippen molar-refractivity contribution < 1.29 is 4.92 Å². The predicted octanol–water partition coefficient (Wildman–Crippen LogP) is 0.900. The topological polar surface area (TPSA) is 79.8 Å². The van der Waals surface area contributed by atoms with E-state index < -0.39 is 4.92 Å². The van der Waals surface area contributed by atoms with Crippen LogP contribution in [0.3, 0.4) is 0 Å². The molecule has 1 atom stereocenters. The molecule has 2 aliphatic heterocycles. The average molecular weight is 324 g/mol. The molecular formula is C13H20N6O2S. The minimum absolute atomic E-state index is 0.0511. The molecule has 0 radical (unpaired) electrons. The van der Waals surface area contributed by atoms with Crippen LogP contribution in [0, 0.1) is 10.1 Å². The van der Waals surface area contributed by atoms with Gasteiger partial charge in [0.05, 0.1) is 18.0 Å². The van der Waals surface area contributed by atoms with Crippen molar-refractivity contribution >= 4 is 22.6 Å². The van der Waals surface area contributed by atoms with Crippen molar-refractivity contribution in [1.82, 2.24) is 19.6 Å². The van der Waals surface area contributed by atoms with Gasteiger partial charge < -0.3 is 4.90 Å². The van der Waals surface area contributed by atoms with E-state index in [1.54, 1.807) is 4.68 Å². The molecule has 9 heteroatoms. The summed E-state index contributed by atoms with van der Waals surface area (Å²) < 4.78 is 1.64. The van der Waals surface area contributed by atoms with Crippen molar-refractivity contribution in [3.05, 3.63) is 22.5 Å². The molecular weight excluding hydrogens is 304 g/mol. The highest BCUT2D eigenvalue weighted by Gasteiger charge is 2.24. The summed E-state index contributed by atoms with van der Waals surface area (Å²) in [6.45, 7) is 8.67. The zero-order valence-corrected chi connectivity index (χ0v) is 13.4. The summed E-state index contributed by atoms with van der Waals surface area (Å²) in [5.74, 6) is 0. The zero-order chi connectivity index (χ0) is 15.5. The van der Waals surface area contributed by atoms with Crippen molar-refractivity contribution in [2.75, 3.05) is 39.3 Å². The van der Waals surface area contributed by atoms with Crippen LogP contribution in [0.15, 0.2) is 17.4 Å². The van der Waals surface area contributed by atoms with E-state index in [9.17, 15) is 10.1 Å². The van der Waals surface area contributed by atoms with E-state index in [-0.39, 0.29) is 5.69 Å². The fourth-order valence-corrected chi connectivity index (χ4v) is 3.60. The third-order valence-corrected chi connectivity index (χ3v) is 5.06. The summed E-state index contributed by atoms with van der Waals surface area (Å²) in [7, 11) is 0. The lowest BCUT2D eigenvalue weighted by molar-refractivity contribution is -0.385. The minimum atomic E-state index is -0.413. The Bertz CT molecular complexity index is 567. The molecule has 1 fully saturated rings. The largest absolute Gasteiger partial charge is 0.349 e. The van der Waals surface area contributed by atoms with Gasteiger partial charge in [-0.3, -0.25) is 24.7 Å². The van der Waals surface area contributed by atoms with Crippen LogP contribution in [-0.4, -0.2) is 74.2 Å². The molecule has 0 aromatic carbocycles. The second-order valence-electron chi connectivity index (χ2n) is 5.60. The van der Waals surface area contributed by atoms with Gasteiger partial charge in [-0.2, -0.15) is 5.10 Å². The number of rotatable bonds is 4. The fraction of sp³-hybridized carbons (Fsp3) is 0.692. The number of amidine groups is 1. The van der Waals surface area contributed by atoms with Crippen LogP contribution in [0.4, 0.5) is 5.69 Å². The lowest BCUT2D eigenvalue weighted by atomic mass is 10.3. The molecule has 0 unspecified atom stereocenters. The Morgan fingerprint density at radius 1 is 1.36 bits per heavy atom. The third-order valence-electron chi connectivity index (χ3n) is 3.91. The van der Waals surface area contributed by atoms with Crippen LogP contribution >= 0.6 is 11.8 Å². The Morgan fingerprint density at radius 2 is 2.14 bits per heavy atom. The number of nitrogens with zero attached hydrogens (tertiary/aromatic N) is 6.